The quantitative estimate of drug-likeness (QED) is 0.0154. The topological polar surface area (TPSA) is 210 Å². The van der Waals surface area contributed by atoms with Gasteiger partial charge in [0.25, 0.3) is 0 Å². The van der Waals surface area contributed by atoms with Crippen LogP contribution >= 0.6 is 7.82 Å². The molecule has 1 fully saturated rings. The number of allylic oxidation sites excluding steroid dienone is 10. The van der Waals surface area contributed by atoms with E-state index in [4.69, 9.17) is 18.5 Å². The predicted molar refractivity (Wildman–Crippen MR) is 230 cm³/mol. The van der Waals surface area contributed by atoms with Crippen LogP contribution in [0.2, 0.25) is 0 Å². The standard InChI is InChI=1S/C45H77O13P/c1-3-5-7-9-11-13-15-16-17-18-19-20-21-22-24-26-28-30-32-34-39(47)57-37(35-55-38(46)33-31-29-27-25-23-14-12-10-8-6-4-2)36-56-59(53,54)58-45-43(51)41(49)40(48)42(50)44(45)52/h5,7,10-13,16-17,19-20,37,40-45,48-52H,3-4,6,8-9,14-15,18,21-36H2,1-2H3,(H,53,54)/b7-5-,12-10-,13-11-,17-16-,20-19-. The van der Waals surface area contributed by atoms with Crippen LogP contribution in [0.3, 0.4) is 0 Å². The molecule has 0 aromatic heterocycles. The smallest absolute Gasteiger partial charge is 0.462 e. The van der Waals surface area contributed by atoms with E-state index >= 15 is 0 Å². The first kappa shape index (κ1) is 54.6. The number of ether oxygens (including phenoxy) is 2. The molecule has 340 valence electrons. The van der Waals surface area contributed by atoms with Crippen LogP contribution in [-0.4, -0.2) is 98.3 Å². The highest BCUT2D eigenvalue weighted by Crippen LogP contribution is 2.47. The first-order valence-corrected chi connectivity index (χ1v) is 23.6. The van der Waals surface area contributed by atoms with Gasteiger partial charge in [-0.3, -0.25) is 18.6 Å². The summed E-state index contributed by atoms with van der Waals surface area (Å²) in [6.07, 6.45) is 28.5. The van der Waals surface area contributed by atoms with Crippen LogP contribution in [0, 0.1) is 0 Å². The molecule has 0 heterocycles. The largest absolute Gasteiger partial charge is 0.472 e. The summed E-state index contributed by atoms with van der Waals surface area (Å²) in [6, 6.07) is 0. The Bertz CT molecular complexity index is 1270. The lowest BCUT2D eigenvalue weighted by atomic mass is 9.85. The molecule has 6 unspecified atom stereocenters. The van der Waals surface area contributed by atoms with Gasteiger partial charge in [-0.15, -0.1) is 0 Å². The minimum Gasteiger partial charge on any atom is -0.462 e. The fourth-order valence-corrected chi connectivity index (χ4v) is 7.23. The Balaban J connectivity index is 2.48. The number of carbonyl (C=O) groups is 2. The lowest BCUT2D eigenvalue weighted by molar-refractivity contribution is -0.220. The summed E-state index contributed by atoms with van der Waals surface area (Å²) in [7, 11) is -5.12. The number of hydrogen-bond donors (Lipinski definition) is 6. The molecule has 1 rings (SSSR count). The molecule has 6 N–H and O–H groups in total. The predicted octanol–water partition coefficient (Wildman–Crippen LogP) is 8.16. The highest BCUT2D eigenvalue weighted by Gasteiger charge is 2.51. The maximum absolute atomic E-state index is 12.8. The molecule has 6 atom stereocenters. The summed E-state index contributed by atoms with van der Waals surface area (Å²) in [5.41, 5.74) is 0. The highest BCUT2D eigenvalue weighted by atomic mass is 31.2. The third-order valence-electron chi connectivity index (χ3n) is 9.84. The van der Waals surface area contributed by atoms with E-state index in [2.05, 4.69) is 74.6 Å². The van der Waals surface area contributed by atoms with E-state index in [1.165, 1.54) is 12.8 Å². The minimum atomic E-state index is -5.12. The molecule has 1 saturated carbocycles. The second-order valence-electron chi connectivity index (χ2n) is 15.2. The lowest BCUT2D eigenvalue weighted by Crippen LogP contribution is -2.64. The molecule has 0 aliphatic heterocycles. The SMILES string of the molecule is CC/C=C\C/C=C\C/C=C\C/C=C\CCCCCCCCC(=O)OC(COC(=O)CCCCCCC/C=C\CCCC)COP(=O)(O)OC1C(O)C(O)C(O)C(O)C1O. The van der Waals surface area contributed by atoms with Gasteiger partial charge in [0, 0.05) is 12.8 Å². The van der Waals surface area contributed by atoms with Crippen molar-refractivity contribution in [3.63, 3.8) is 0 Å². The zero-order valence-electron chi connectivity index (χ0n) is 35.8. The Labute approximate surface area is 353 Å². The van der Waals surface area contributed by atoms with Gasteiger partial charge in [-0.25, -0.2) is 4.57 Å². The van der Waals surface area contributed by atoms with Crippen LogP contribution in [0.15, 0.2) is 60.8 Å². The number of phosphoric ester groups is 1. The van der Waals surface area contributed by atoms with Crippen molar-refractivity contribution in [1.82, 2.24) is 0 Å². The maximum atomic E-state index is 12.8. The molecule has 0 bridgehead atoms. The molecular formula is C45H77O13P. The number of esters is 2. The first-order valence-electron chi connectivity index (χ1n) is 22.1. The average Bonchev–Trinajstić information content (AvgIpc) is 3.21. The molecule has 1 aliphatic carbocycles. The van der Waals surface area contributed by atoms with E-state index in [1.807, 2.05) is 0 Å². The van der Waals surface area contributed by atoms with Crippen molar-refractivity contribution in [3.05, 3.63) is 60.8 Å². The molecule has 0 spiro atoms. The van der Waals surface area contributed by atoms with Gasteiger partial charge < -0.3 is 39.9 Å². The molecule has 0 aromatic carbocycles. The van der Waals surface area contributed by atoms with Crippen LogP contribution < -0.4 is 0 Å². The number of rotatable bonds is 35. The Morgan fingerprint density at radius 3 is 1.49 bits per heavy atom. The van der Waals surface area contributed by atoms with Crippen molar-refractivity contribution in [2.24, 2.45) is 0 Å². The van der Waals surface area contributed by atoms with Crippen molar-refractivity contribution < 1.29 is 63.1 Å². The molecule has 59 heavy (non-hydrogen) atoms. The molecular weight excluding hydrogens is 779 g/mol. The van der Waals surface area contributed by atoms with E-state index in [9.17, 15) is 44.6 Å². The van der Waals surface area contributed by atoms with Gasteiger partial charge in [-0.1, -0.05) is 132 Å². The third kappa shape index (κ3) is 27.9. The Kier molecular flexibility index (Phi) is 32.5. The monoisotopic (exact) mass is 857 g/mol. The number of carbonyl (C=O) groups excluding carboxylic acids is 2. The highest BCUT2D eigenvalue weighted by molar-refractivity contribution is 7.47. The molecule has 0 amide bonds. The molecule has 0 aromatic rings. The summed E-state index contributed by atoms with van der Waals surface area (Å²) >= 11 is 0. The molecule has 0 radical (unpaired) electrons. The molecule has 14 heteroatoms. The summed E-state index contributed by atoms with van der Waals surface area (Å²) < 4.78 is 33.4. The van der Waals surface area contributed by atoms with Gasteiger partial charge >= 0.3 is 19.8 Å². The fraction of sp³-hybridized carbons (Fsp3) is 0.733. The van der Waals surface area contributed by atoms with Crippen molar-refractivity contribution in [3.8, 4) is 0 Å². The lowest BCUT2D eigenvalue weighted by Gasteiger charge is -2.41. The third-order valence-corrected chi connectivity index (χ3v) is 10.8. The second-order valence-corrected chi connectivity index (χ2v) is 16.6. The summed E-state index contributed by atoms with van der Waals surface area (Å²) in [4.78, 5) is 35.6. The average molecular weight is 857 g/mol. The van der Waals surface area contributed by atoms with E-state index < -0.39 is 75.7 Å². The minimum absolute atomic E-state index is 0.0762. The van der Waals surface area contributed by atoms with Gasteiger partial charge in [-0.05, 0) is 70.6 Å². The van der Waals surface area contributed by atoms with Crippen LogP contribution in [0.5, 0.6) is 0 Å². The van der Waals surface area contributed by atoms with E-state index in [0.717, 1.165) is 103 Å². The Morgan fingerprint density at radius 1 is 0.542 bits per heavy atom. The number of aliphatic hydroxyl groups excluding tert-OH is 5. The van der Waals surface area contributed by atoms with Gasteiger partial charge in [-0.2, -0.15) is 0 Å². The zero-order chi connectivity index (χ0) is 43.6. The summed E-state index contributed by atoms with van der Waals surface area (Å²) in [5, 5.41) is 50.1. The van der Waals surface area contributed by atoms with E-state index in [1.54, 1.807) is 0 Å². The van der Waals surface area contributed by atoms with Gasteiger partial charge in [0.1, 0.15) is 43.2 Å². The van der Waals surface area contributed by atoms with Crippen LogP contribution in [-0.2, 0) is 32.7 Å². The fourth-order valence-electron chi connectivity index (χ4n) is 6.26. The Morgan fingerprint density at radius 2 is 0.966 bits per heavy atom. The summed E-state index contributed by atoms with van der Waals surface area (Å²) in [6.45, 7) is 3.11. The van der Waals surface area contributed by atoms with Crippen molar-refractivity contribution in [2.75, 3.05) is 13.2 Å². The number of aliphatic hydroxyl groups is 5. The van der Waals surface area contributed by atoms with Crippen LogP contribution in [0.25, 0.3) is 0 Å². The van der Waals surface area contributed by atoms with Crippen LogP contribution in [0.4, 0.5) is 0 Å². The van der Waals surface area contributed by atoms with Crippen LogP contribution in [0.1, 0.15) is 155 Å². The van der Waals surface area contributed by atoms with E-state index in [0.29, 0.717) is 12.8 Å². The molecule has 13 nitrogen and oxygen atoms in total. The zero-order valence-corrected chi connectivity index (χ0v) is 36.7. The molecule has 1 aliphatic rings. The summed E-state index contributed by atoms with van der Waals surface area (Å²) in [5.74, 6) is -1.13. The maximum Gasteiger partial charge on any atom is 0.472 e. The van der Waals surface area contributed by atoms with Crippen molar-refractivity contribution in [1.29, 1.82) is 0 Å². The molecule has 0 saturated heterocycles. The number of unbranched alkanes of at least 4 members (excludes halogenated alkanes) is 13. The second kappa shape index (κ2) is 35.2. The van der Waals surface area contributed by atoms with E-state index in [-0.39, 0.29) is 12.8 Å². The van der Waals surface area contributed by atoms with Gasteiger partial charge in [0.15, 0.2) is 6.10 Å². The number of hydrogen-bond acceptors (Lipinski definition) is 12. The number of phosphoric acid groups is 1. The normalized spacial score (nSPS) is 22.9. The van der Waals surface area contributed by atoms with Crippen molar-refractivity contribution >= 4 is 19.8 Å². The Hall–Kier alpha value is -2.45. The van der Waals surface area contributed by atoms with Gasteiger partial charge in [0.2, 0.25) is 0 Å². The van der Waals surface area contributed by atoms with Crippen molar-refractivity contribution in [2.45, 2.75) is 198 Å². The van der Waals surface area contributed by atoms with Gasteiger partial charge in [0.05, 0.1) is 6.61 Å². The first-order chi connectivity index (χ1) is 28.4.